The van der Waals surface area contributed by atoms with Gasteiger partial charge < -0.3 is 4.74 Å². The third-order valence-corrected chi connectivity index (χ3v) is 4.52. The molecule has 16 heavy (non-hydrogen) atoms. The van der Waals surface area contributed by atoms with E-state index in [4.69, 9.17) is 9.57 Å². The summed E-state index contributed by atoms with van der Waals surface area (Å²) in [5, 5.41) is 2.14. The molecule has 0 spiro atoms. The second kappa shape index (κ2) is 3.44. The molecule has 4 heteroatoms. The van der Waals surface area contributed by atoms with Crippen LogP contribution in [0.1, 0.15) is 39.0 Å². The highest BCUT2D eigenvalue weighted by atomic mass is 16.7. The van der Waals surface area contributed by atoms with Gasteiger partial charge in [0.2, 0.25) is 0 Å². The third-order valence-electron chi connectivity index (χ3n) is 4.52. The summed E-state index contributed by atoms with van der Waals surface area (Å²) in [6.07, 6.45) is 5.47. The molecule has 0 unspecified atom stereocenters. The number of hydrogen-bond acceptors (Lipinski definition) is 4. The molecule has 4 nitrogen and oxygen atoms in total. The number of nitrogens with zero attached hydrogens (tertiary/aromatic N) is 1. The van der Waals surface area contributed by atoms with E-state index in [1.165, 1.54) is 13.5 Å². The first-order valence-electron chi connectivity index (χ1n) is 6.27. The van der Waals surface area contributed by atoms with Crippen LogP contribution in [0.5, 0.6) is 0 Å². The van der Waals surface area contributed by atoms with Crippen molar-refractivity contribution in [3.05, 3.63) is 0 Å². The van der Waals surface area contributed by atoms with Crippen molar-refractivity contribution in [2.75, 3.05) is 7.11 Å². The number of hydroxylamine groups is 2. The van der Waals surface area contributed by atoms with E-state index in [9.17, 15) is 4.79 Å². The quantitative estimate of drug-likeness (QED) is 0.682. The molecule has 2 bridgehead atoms. The number of fused-ring (bicyclic) bond motifs is 1. The van der Waals surface area contributed by atoms with Crippen LogP contribution in [0.4, 0.5) is 0 Å². The van der Waals surface area contributed by atoms with Gasteiger partial charge in [-0.15, -0.1) is 0 Å². The molecule has 0 aliphatic carbocycles. The van der Waals surface area contributed by atoms with Crippen LogP contribution in [0.3, 0.4) is 0 Å². The Balaban J connectivity index is 1.95. The van der Waals surface area contributed by atoms with Gasteiger partial charge in [0, 0.05) is 6.04 Å². The van der Waals surface area contributed by atoms with Crippen molar-refractivity contribution >= 4 is 5.97 Å². The highest BCUT2D eigenvalue weighted by Crippen LogP contribution is 2.57. The largest absolute Gasteiger partial charge is 0.469 e. The van der Waals surface area contributed by atoms with Crippen molar-refractivity contribution in [1.29, 1.82) is 0 Å². The predicted molar refractivity (Wildman–Crippen MR) is 57.5 cm³/mol. The van der Waals surface area contributed by atoms with Gasteiger partial charge in [0.15, 0.2) is 0 Å². The molecule has 0 aromatic rings. The summed E-state index contributed by atoms with van der Waals surface area (Å²) in [5.41, 5.74) is -0.0462. The van der Waals surface area contributed by atoms with Crippen LogP contribution in [0, 0.1) is 5.92 Å². The van der Waals surface area contributed by atoms with E-state index in [1.54, 1.807) is 0 Å². The lowest BCUT2D eigenvalue weighted by Crippen LogP contribution is -2.51. The van der Waals surface area contributed by atoms with E-state index in [0.29, 0.717) is 6.04 Å². The summed E-state index contributed by atoms with van der Waals surface area (Å²) in [6, 6.07) is 0.553. The molecule has 3 heterocycles. The van der Waals surface area contributed by atoms with Gasteiger partial charge in [-0.25, -0.2) is 0 Å². The van der Waals surface area contributed by atoms with E-state index >= 15 is 0 Å². The Labute approximate surface area is 95.8 Å². The molecule has 0 amide bonds. The van der Waals surface area contributed by atoms with Gasteiger partial charge in [-0.3, -0.25) is 9.63 Å². The van der Waals surface area contributed by atoms with Crippen LogP contribution in [0.25, 0.3) is 0 Å². The first-order valence-corrected chi connectivity index (χ1v) is 6.27. The SMILES string of the molecule is CCC[C@]12CC[C@H]3C[C@H](ON31)[C@@H]2C(=O)OC. The van der Waals surface area contributed by atoms with Crippen molar-refractivity contribution in [2.24, 2.45) is 5.92 Å². The zero-order chi connectivity index (χ0) is 11.3. The van der Waals surface area contributed by atoms with Gasteiger partial charge >= 0.3 is 5.97 Å². The first-order chi connectivity index (χ1) is 7.73. The van der Waals surface area contributed by atoms with E-state index in [1.807, 2.05) is 0 Å². The smallest absolute Gasteiger partial charge is 0.313 e. The summed E-state index contributed by atoms with van der Waals surface area (Å²) in [5.74, 6) is -0.141. The molecule has 3 aliphatic rings. The molecule has 0 radical (unpaired) electrons. The summed E-state index contributed by atoms with van der Waals surface area (Å²) < 4.78 is 4.96. The summed E-state index contributed by atoms with van der Waals surface area (Å²) >= 11 is 0. The molecule has 3 aliphatic heterocycles. The fourth-order valence-electron chi connectivity index (χ4n) is 4.03. The lowest BCUT2D eigenvalue weighted by Gasteiger charge is -2.37. The first kappa shape index (κ1) is 10.5. The average molecular weight is 225 g/mol. The highest BCUT2D eigenvalue weighted by molar-refractivity contribution is 5.75. The number of methoxy groups -OCH3 is 1. The fraction of sp³-hybridized carbons (Fsp3) is 0.917. The lowest BCUT2D eigenvalue weighted by molar-refractivity contribution is -0.153. The number of piperidine rings is 1. The van der Waals surface area contributed by atoms with E-state index < -0.39 is 0 Å². The maximum Gasteiger partial charge on any atom is 0.313 e. The summed E-state index contributed by atoms with van der Waals surface area (Å²) in [7, 11) is 1.48. The molecule has 3 fully saturated rings. The minimum Gasteiger partial charge on any atom is -0.469 e. The lowest BCUT2D eigenvalue weighted by atomic mass is 9.76. The monoisotopic (exact) mass is 225 g/mol. The Morgan fingerprint density at radius 3 is 3.12 bits per heavy atom. The molecule has 0 aromatic carbocycles. The van der Waals surface area contributed by atoms with Crippen molar-refractivity contribution in [3.63, 3.8) is 0 Å². The Hall–Kier alpha value is -0.610. The zero-order valence-corrected chi connectivity index (χ0v) is 9.94. The number of hydrogen-bond donors (Lipinski definition) is 0. The predicted octanol–water partition coefficient (Wildman–Crippen LogP) is 1.50. The molecule has 4 atom stereocenters. The van der Waals surface area contributed by atoms with Gasteiger partial charge in [0.05, 0.1) is 18.8 Å². The van der Waals surface area contributed by atoms with Crippen LogP contribution in [0.2, 0.25) is 0 Å². The standard InChI is InChI=1S/C12H19NO3/c1-3-5-12-6-4-8-7-9(16-13(8)12)10(12)11(14)15-2/h8-10H,3-7H2,1-2H3/t8-,9-,10+,12+/m0/s1. The third kappa shape index (κ3) is 1.09. The van der Waals surface area contributed by atoms with Gasteiger partial charge in [-0.05, 0) is 25.7 Å². The van der Waals surface area contributed by atoms with E-state index in [-0.39, 0.29) is 23.5 Å². The maximum atomic E-state index is 11.9. The second-order valence-corrected chi connectivity index (χ2v) is 5.25. The van der Waals surface area contributed by atoms with Crippen LogP contribution in [0.15, 0.2) is 0 Å². The van der Waals surface area contributed by atoms with Gasteiger partial charge in [0.25, 0.3) is 0 Å². The van der Waals surface area contributed by atoms with Crippen molar-refractivity contribution in [3.8, 4) is 0 Å². The number of esters is 1. The van der Waals surface area contributed by atoms with E-state index in [2.05, 4.69) is 12.0 Å². The Morgan fingerprint density at radius 2 is 2.44 bits per heavy atom. The van der Waals surface area contributed by atoms with E-state index in [0.717, 1.165) is 25.7 Å². The van der Waals surface area contributed by atoms with Crippen LogP contribution in [-0.4, -0.2) is 35.8 Å². The minimum absolute atomic E-state index is 0.0462. The number of carbonyl (C=O) groups excluding carboxylic acids is 1. The van der Waals surface area contributed by atoms with Gasteiger partial charge in [-0.1, -0.05) is 13.3 Å². The molecule has 0 N–H and O–H groups in total. The normalized spacial score (nSPS) is 45.2. The van der Waals surface area contributed by atoms with Gasteiger partial charge in [0.1, 0.15) is 5.92 Å². The molecule has 3 rings (SSSR count). The number of carbonyl (C=O) groups is 1. The maximum absolute atomic E-state index is 11.9. The van der Waals surface area contributed by atoms with Crippen LogP contribution >= 0.6 is 0 Å². The zero-order valence-electron chi connectivity index (χ0n) is 9.94. The molecule has 0 saturated carbocycles. The Morgan fingerprint density at radius 1 is 1.62 bits per heavy atom. The Kier molecular flexibility index (Phi) is 2.27. The minimum atomic E-state index is -0.0821. The van der Waals surface area contributed by atoms with Crippen molar-refractivity contribution in [1.82, 2.24) is 5.06 Å². The van der Waals surface area contributed by atoms with Crippen molar-refractivity contribution in [2.45, 2.75) is 56.7 Å². The number of ether oxygens (including phenoxy) is 1. The van der Waals surface area contributed by atoms with Crippen molar-refractivity contribution < 1.29 is 14.4 Å². The topological polar surface area (TPSA) is 38.8 Å². The molecule has 0 aromatic heterocycles. The summed E-state index contributed by atoms with van der Waals surface area (Å²) in [6.45, 7) is 2.17. The van der Waals surface area contributed by atoms with Gasteiger partial charge in [-0.2, -0.15) is 5.06 Å². The molecular weight excluding hydrogens is 206 g/mol. The molecule has 3 saturated heterocycles. The van der Waals surface area contributed by atoms with Crippen LogP contribution in [-0.2, 0) is 14.4 Å². The molecule has 90 valence electrons. The van der Waals surface area contributed by atoms with Crippen LogP contribution < -0.4 is 0 Å². The highest BCUT2D eigenvalue weighted by Gasteiger charge is 2.67. The number of rotatable bonds is 3. The Bertz CT molecular complexity index is 315. The summed E-state index contributed by atoms with van der Waals surface area (Å²) in [4.78, 5) is 17.8. The second-order valence-electron chi connectivity index (χ2n) is 5.25. The fourth-order valence-corrected chi connectivity index (χ4v) is 4.03. The average Bonchev–Trinajstić information content (AvgIpc) is 2.85. The molecular formula is C12H19NO3.